The summed E-state index contributed by atoms with van der Waals surface area (Å²) in [5, 5.41) is 5.73. The summed E-state index contributed by atoms with van der Waals surface area (Å²) in [6.07, 6.45) is 0.601. The second-order valence-corrected chi connectivity index (χ2v) is 8.51. The molecule has 0 unspecified atom stereocenters. The molecule has 2 aromatic carbocycles. The van der Waals surface area contributed by atoms with Crippen molar-refractivity contribution in [2.75, 3.05) is 10.6 Å². The lowest BCUT2D eigenvalue weighted by Crippen LogP contribution is -2.13. The van der Waals surface area contributed by atoms with E-state index >= 15 is 0 Å². The van der Waals surface area contributed by atoms with Gasteiger partial charge in [0.1, 0.15) is 17.1 Å². The molecule has 9 heteroatoms. The number of hydrogen-bond donors (Lipinski definition) is 2. The van der Waals surface area contributed by atoms with E-state index in [9.17, 15) is 13.2 Å². The van der Waals surface area contributed by atoms with Crippen molar-refractivity contribution in [3.05, 3.63) is 63.9 Å². The van der Waals surface area contributed by atoms with E-state index < -0.39 is 11.7 Å². The fourth-order valence-corrected chi connectivity index (χ4v) is 3.75. The molecule has 4 rings (SSSR count). The molecule has 162 valence electrons. The second-order valence-electron chi connectivity index (χ2n) is 7.26. The van der Waals surface area contributed by atoms with Crippen molar-refractivity contribution in [1.29, 1.82) is 0 Å². The predicted molar refractivity (Wildman–Crippen MR) is 122 cm³/mol. The monoisotopic (exact) mass is 540 g/mol. The lowest BCUT2D eigenvalue weighted by molar-refractivity contribution is -0.137. The van der Waals surface area contributed by atoms with Crippen LogP contribution in [0.5, 0.6) is 5.75 Å². The Morgan fingerprint density at radius 1 is 0.968 bits per heavy atom. The smallest absolute Gasteiger partial charge is 0.421 e. The number of ether oxygens (including phenoxy) is 1. The lowest BCUT2D eigenvalue weighted by atomic mass is 10.2. The second kappa shape index (κ2) is 9.29. The zero-order chi connectivity index (χ0) is 21.8. The third-order valence-electron chi connectivity index (χ3n) is 4.90. The average molecular weight is 540 g/mol. The van der Waals surface area contributed by atoms with E-state index in [1.807, 2.05) is 12.1 Å². The molecule has 2 N–H and O–H groups in total. The van der Waals surface area contributed by atoms with Crippen molar-refractivity contribution in [2.24, 2.45) is 0 Å². The molecule has 0 spiro atoms. The maximum atomic E-state index is 13.5. The average Bonchev–Trinajstić information content (AvgIpc) is 3.22. The van der Waals surface area contributed by atoms with E-state index in [1.54, 1.807) is 36.4 Å². The van der Waals surface area contributed by atoms with Crippen molar-refractivity contribution in [2.45, 2.75) is 38.0 Å². The Morgan fingerprint density at radius 3 is 2.42 bits per heavy atom. The highest BCUT2D eigenvalue weighted by Crippen LogP contribution is 2.36. The number of aromatic nitrogens is 2. The minimum Gasteiger partial charge on any atom is -0.490 e. The molecule has 1 aromatic heterocycles. The number of benzene rings is 2. The van der Waals surface area contributed by atoms with Gasteiger partial charge in [-0.3, -0.25) is 0 Å². The van der Waals surface area contributed by atoms with Crippen LogP contribution in [0.1, 0.15) is 31.2 Å². The maximum absolute atomic E-state index is 13.5. The third-order valence-corrected chi connectivity index (χ3v) is 5.62. The number of rotatable bonds is 6. The van der Waals surface area contributed by atoms with Gasteiger partial charge in [0, 0.05) is 27.2 Å². The standard InChI is InChI=1S/C22H20F3IN4O/c23-22(24,25)19-13-27-21(29-15-10-8-14(26)9-11-15)30-20(19)28-16-4-3-7-18(12-16)31-17-5-1-2-6-17/h3-4,7-13,17H,1-2,5-6H2,(H2,27,28,29,30). The van der Waals surface area contributed by atoms with E-state index in [0.29, 0.717) is 17.1 Å². The number of anilines is 4. The Hall–Kier alpha value is -2.56. The van der Waals surface area contributed by atoms with Crippen LogP contribution in [0.15, 0.2) is 54.7 Å². The molecule has 1 saturated carbocycles. The van der Waals surface area contributed by atoms with Gasteiger partial charge < -0.3 is 15.4 Å². The van der Waals surface area contributed by atoms with Crippen molar-refractivity contribution < 1.29 is 17.9 Å². The normalized spacial score (nSPS) is 14.5. The molecule has 0 bridgehead atoms. The number of nitrogens with one attached hydrogen (secondary N) is 2. The first kappa shape index (κ1) is 21.7. The third kappa shape index (κ3) is 5.78. The Labute approximate surface area is 191 Å². The molecule has 0 amide bonds. The van der Waals surface area contributed by atoms with Gasteiger partial charge in [-0.25, -0.2) is 4.98 Å². The molecular weight excluding hydrogens is 520 g/mol. The predicted octanol–water partition coefficient (Wildman–Crippen LogP) is 6.91. The van der Waals surface area contributed by atoms with E-state index in [0.717, 1.165) is 35.5 Å². The number of alkyl halides is 3. The van der Waals surface area contributed by atoms with E-state index in [-0.39, 0.29) is 17.9 Å². The highest BCUT2D eigenvalue weighted by Gasteiger charge is 2.35. The summed E-state index contributed by atoms with van der Waals surface area (Å²) in [4.78, 5) is 7.93. The van der Waals surface area contributed by atoms with Crippen LogP contribution in [0.25, 0.3) is 0 Å². The number of halogens is 4. The first-order chi connectivity index (χ1) is 14.9. The van der Waals surface area contributed by atoms with E-state index in [1.165, 1.54) is 0 Å². The molecule has 1 heterocycles. The Balaban J connectivity index is 1.58. The summed E-state index contributed by atoms with van der Waals surface area (Å²) in [7, 11) is 0. The van der Waals surface area contributed by atoms with Gasteiger partial charge in [0.05, 0.1) is 6.10 Å². The SMILES string of the molecule is FC(F)(F)c1cnc(Nc2ccc(I)cc2)nc1Nc1cccc(OC2CCCC2)c1. The molecule has 31 heavy (non-hydrogen) atoms. The van der Waals surface area contributed by atoms with Crippen LogP contribution in [-0.4, -0.2) is 16.1 Å². The first-order valence-electron chi connectivity index (χ1n) is 9.87. The van der Waals surface area contributed by atoms with Gasteiger partial charge in [-0.1, -0.05) is 6.07 Å². The Bertz CT molecular complexity index is 1040. The number of hydrogen-bond acceptors (Lipinski definition) is 5. The van der Waals surface area contributed by atoms with Crippen LogP contribution in [0.3, 0.4) is 0 Å². The minimum atomic E-state index is -4.60. The molecule has 1 fully saturated rings. The van der Waals surface area contributed by atoms with Crippen LogP contribution in [0.2, 0.25) is 0 Å². The highest BCUT2D eigenvalue weighted by atomic mass is 127. The summed E-state index contributed by atoms with van der Waals surface area (Å²) in [5.41, 5.74) is 0.195. The minimum absolute atomic E-state index is 0.0649. The topological polar surface area (TPSA) is 59.1 Å². The van der Waals surface area contributed by atoms with Crippen LogP contribution in [0, 0.1) is 3.57 Å². The molecule has 0 radical (unpaired) electrons. The summed E-state index contributed by atoms with van der Waals surface area (Å²) >= 11 is 2.17. The van der Waals surface area contributed by atoms with E-state index in [2.05, 4.69) is 43.2 Å². The van der Waals surface area contributed by atoms with Crippen molar-refractivity contribution in [3.8, 4) is 5.75 Å². The largest absolute Gasteiger partial charge is 0.490 e. The van der Waals surface area contributed by atoms with Gasteiger partial charge in [0.15, 0.2) is 0 Å². The lowest BCUT2D eigenvalue weighted by Gasteiger charge is -2.16. The zero-order valence-electron chi connectivity index (χ0n) is 16.4. The summed E-state index contributed by atoms with van der Waals surface area (Å²) < 4.78 is 47.6. The first-order valence-corrected chi connectivity index (χ1v) is 11.0. The fourth-order valence-electron chi connectivity index (χ4n) is 3.39. The van der Waals surface area contributed by atoms with Gasteiger partial charge in [-0.05, 0) is 84.7 Å². The number of nitrogens with zero attached hydrogens (tertiary/aromatic N) is 2. The van der Waals surface area contributed by atoms with Gasteiger partial charge in [0.25, 0.3) is 0 Å². The molecule has 1 aliphatic carbocycles. The van der Waals surface area contributed by atoms with Crippen molar-refractivity contribution in [3.63, 3.8) is 0 Å². The summed E-state index contributed by atoms with van der Waals surface area (Å²) in [6, 6.07) is 14.3. The molecule has 0 atom stereocenters. The Kier molecular flexibility index (Phi) is 6.49. The maximum Gasteiger partial charge on any atom is 0.421 e. The quantitative estimate of drug-likeness (QED) is 0.333. The van der Waals surface area contributed by atoms with Crippen molar-refractivity contribution >= 4 is 45.7 Å². The summed E-state index contributed by atoms with van der Waals surface area (Å²) in [6.45, 7) is 0. The van der Waals surface area contributed by atoms with Crippen LogP contribution >= 0.6 is 22.6 Å². The molecule has 0 aliphatic heterocycles. The fraction of sp³-hybridized carbons (Fsp3) is 0.273. The van der Waals surface area contributed by atoms with Gasteiger partial charge >= 0.3 is 6.18 Å². The molecule has 0 saturated heterocycles. The van der Waals surface area contributed by atoms with Crippen molar-refractivity contribution in [1.82, 2.24) is 9.97 Å². The van der Waals surface area contributed by atoms with Crippen LogP contribution in [0.4, 0.5) is 36.3 Å². The molecule has 1 aliphatic rings. The molecule has 5 nitrogen and oxygen atoms in total. The Morgan fingerprint density at radius 2 is 1.71 bits per heavy atom. The highest BCUT2D eigenvalue weighted by molar-refractivity contribution is 14.1. The van der Waals surface area contributed by atoms with Crippen LogP contribution < -0.4 is 15.4 Å². The molecule has 3 aromatic rings. The van der Waals surface area contributed by atoms with Crippen LogP contribution in [-0.2, 0) is 6.18 Å². The van der Waals surface area contributed by atoms with Gasteiger partial charge in [0.2, 0.25) is 5.95 Å². The zero-order valence-corrected chi connectivity index (χ0v) is 18.6. The molecular formula is C22H20F3IN4O. The summed E-state index contributed by atoms with van der Waals surface area (Å²) in [5.74, 6) is 0.361. The van der Waals surface area contributed by atoms with Gasteiger partial charge in [-0.15, -0.1) is 0 Å². The van der Waals surface area contributed by atoms with E-state index in [4.69, 9.17) is 4.74 Å². The van der Waals surface area contributed by atoms with Gasteiger partial charge in [-0.2, -0.15) is 18.2 Å².